The molecule has 0 aliphatic heterocycles. The minimum Gasteiger partial charge on any atom is -0.490 e. The minimum atomic E-state index is -0.425. The molecule has 0 saturated heterocycles. The highest BCUT2D eigenvalue weighted by Gasteiger charge is 2.37. The quantitative estimate of drug-likeness (QED) is 0.901. The Morgan fingerprint density at radius 2 is 2.11 bits per heavy atom. The predicted molar refractivity (Wildman–Crippen MR) is 75.9 cm³/mol. The van der Waals surface area contributed by atoms with E-state index in [1.54, 1.807) is 0 Å². The standard InChI is InChI=1S/C16H22N2O/c1-13(2)18-16(12-17)10-6-9-15(11-16)19-14-7-4-3-5-8-14/h3-5,7-8,13,15,18H,6,9-11H2,1-2H3. The third-order valence-corrected chi connectivity index (χ3v) is 3.53. The van der Waals surface area contributed by atoms with Crippen molar-refractivity contribution < 1.29 is 4.74 Å². The van der Waals surface area contributed by atoms with Crippen LogP contribution in [-0.2, 0) is 0 Å². The molecule has 0 bridgehead atoms. The molecule has 1 aliphatic carbocycles. The van der Waals surface area contributed by atoms with Crippen molar-refractivity contribution in [3.63, 3.8) is 0 Å². The fourth-order valence-corrected chi connectivity index (χ4v) is 2.83. The minimum absolute atomic E-state index is 0.127. The number of hydrogen-bond acceptors (Lipinski definition) is 3. The molecule has 1 aromatic carbocycles. The second-order valence-electron chi connectivity index (χ2n) is 5.64. The Balaban J connectivity index is 2.02. The summed E-state index contributed by atoms with van der Waals surface area (Å²) in [4.78, 5) is 0. The first kappa shape index (κ1) is 13.9. The van der Waals surface area contributed by atoms with Crippen molar-refractivity contribution in [1.82, 2.24) is 5.32 Å². The summed E-state index contributed by atoms with van der Waals surface area (Å²) in [6, 6.07) is 12.7. The van der Waals surface area contributed by atoms with Gasteiger partial charge in [0.25, 0.3) is 0 Å². The Bertz CT molecular complexity index is 438. The molecule has 1 aromatic rings. The first-order valence-corrected chi connectivity index (χ1v) is 7.04. The highest BCUT2D eigenvalue weighted by molar-refractivity contribution is 5.22. The number of ether oxygens (including phenoxy) is 1. The lowest BCUT2D eigenvalue weighted by Crippen LogP contribution is -2.52. The molecule has 2 unspecified atom stereocenters. The first-order valence-electron chi connectivity index (χ1n) is 7.04. The zero-order valence-electron chi connectivity index (χ0n) is 11.7. The van der Waals surface area contributed by atoms with Gasteiger partial charge in [-0.1, -0.05) is 18.2 Å². The third-order valence-electron chi connectivity index (χ3n) is 3.53. The van der Waals surface area contributed by atoms with E-state index in [1.165, 1.54) is 0 Å². The summed E-state index contributed by atoms with van der Waals surface area (Å²) in [6.07, 6.45) is 3.86. The maximum absolute atomic E-state index is 9.51. The summed E-state index contributed by atoms with van der Waals surface area (Å²) in [5.74, 6) is 0.894. The van der Waals surface area contributed by atoms with Crippen LogP contribution in [0.5, 0.6) is 5.75 Å². The Hall–Kier alpha value is -1.53. The van der Waals surface area contributed by atoms with Crippen LogP contribution in [0.25, 0.3) is 0 Å². The lowest BCUT2D eigenvalue weighted by Gasteiger charge is -2.37. The molecule has 19 heavy (non-hydrogen) atoms. The molecule has 1 aliphatic rings. The lowest BCUT2D eigenvalue weighted by atomic mass is 9.80. The second kappa shape index (κ2) is 6.08. The lowest BCUT2D eigenvalue weighted by molar-refractivity contribution is 0.109. The molecule has 0 spiro atoms. The summed E-state index contributed by atoms with van der Waals surface area (Å²) in [5, 5.41) is 12.9. The van der Waals surface area contributed by atoms with Gasteiger partial charge < -0.3 is 4.74 Å². The number of nitriles is 1. The summed E-state index contributed by atoms with van der Waals surface area (Å²) >= 11 is 0. The highest BCUT2D eigenvalue weighted by atomic mass is 16.5. The van der Waals surface area contributed by atoms with Gasteiger partial charge in [-0.2, -0.15) is 5.26 Å². The normalized spacial score (nSPS) is 26.9. The Labute approximate surface area is 115 Å². The van der Waals surface area contributed by atoms with E-state index in [1.807, 2.05) is 30.3 Å². The number of nitrogens with zero attached hydrogens (tertiary/aromatic N) is 1. The van der Waals surface area contributed by atoms with E-state index in [2.05, 4.69) is 25.2 Å². The van der Waals surface area contributed by atoms with Crippen molar-refractivity contribution in [3.05, 3.63) is 30.3 Å². The fourth-order valence-electron chi connectivity index (χ4n) is 2.83. The topological polar surface area (TPSA) is 45.0 Å². The van der Waals surface area contributed by atoms with Gasteiger partial charge in [0.1, 0.15) is 17.4 Å². The van der Waals surface area contributed by atoms with Crippen LogP contribution in [0, 0.1) is 11.3 Å². The van der Waals surface area contributed by atoms with Crippen molar-refractivity contribution in [2.75, 3.05) is 0 Å². The molecule has 1 N–H and O–H groups in total. The summed E-state index contributed by atoms with van der Waals surface area (Å²) < 4.78 is 6.00. The largest absolute Gasteiger partial charge is 0.490 e. The molecule has 1 saturated carbocycles. The zero-order chi connectivity index (χ0) is 13.7. The van der Waals surface area contributed by atoms with Crippen LogP contribution in [0.3, 0.4) is 0 Å². The Kier molecular flexibility index (Phi) is 4.44. The molecule has 3 heteroatoms. The molecule has 0 heterocycles. The van der Waals surface area contributed by atoms with E-state index < -0.39 is 5.54 Å². The van der Waals surface area contributed by atoms with Crippen molar-refractivity contribution in [2.24, 2.45) is 0 Å². The van der Waals surface area contributed by atoms with Crippen molar-refractivity contribution >= 4 is 0 Å². The molecule has 102 valence electrons. The van der Waals surface area contributed by atoms with Gasteiger partial charge in [-0.25, -0.2) is 0 Å². The van der Waals surface area contributed by atoms with E-state index in [0.717, 1.165) is 31.4 Å². The van der Waals surface area contributed by atoms with Crippen molar-refractivity contribution in [2.45, 2.75) is 57.2 Å². The van der Waals surface area contributed by atoms with E-state index >= 15 is 0 Å². The van der Waals surface area contributed by atoms with Gasteiger partial charge in [0.15, 0.2) is 0 Å². The fraction of sp³-hybridized carbons (Fsp3) is 0.562. The van der Waals surface area contributed by atoms with Gasteiger partial charge >= 0.3 is 0 Å². The molecule has 2 rings (SSSR count). The van der Waals surface area contributed by atoms with Gasteiger partial charge in [0, 0.05) is 12.5 Å². The number of para-hydroxylation sites is 1. The first-order chi connectivity index (χ1) is 9.13. The second-order valence-corrected chi connectivity index (χ2v) is 5.64. The molecule has 0 aromatic heterocycles. The van der Waals surface area contributed by atoms with Crippen LogP contribution in [0.2, 0.25) is 0 Å². The summed E-state index contributed by atoms with van der Waals surface area (Å²) in [6.45, 7) is 4.17. The van der Waals surface area contributed by atoms with Crippen LogP contribution in [0.1, 0.15) is 39.5 Å². The van der Waals surface area contributed by atoms with Crippen LogP contribution in [0.15, 0.2) is 30.3 Å². The zero-order valence-corrected chi connectivity index (χ0v) is 11.7. The molecule has 0 radical (unpaired) electrons. The van der Waals surface area contributed by atoms with Crippen LogP contribution < -0.4 is 10.1 Å². The number of benzene rings is 1. The van der Waals surface area contributed by atoms with E-state index in [4.69, 9.17) is 4.74 Å². The molecule has 1 fully saturated rings. The van der Waals surface area contributed by atoms with E-state index in [9.17, 15) is 5.26 Å². The molecule has 3 nitrogen and oxygen atoms in total. The smallest absolute Gasteiger partial charge is 0.119 e. The van der Waals surface area contributed by atoms with E-state index in [-0.39, 0.29) is 6.10 Å². The highest BCUT2D eigenvalue weighted by Crippen LogP contribution is 2.31. The molecular weight excluding hydrogens is 236 g/mol. The average Bonchev–Trinajstić information content (AvgIpc) is 2.39. The van der Waals surface area contributed by atoms with Gasteiger partial charge in [0.05, 0.1) is 6.07 Å². The maximum atomic E-state index is 9.51. The number of nitrogens with one attached hydrogen (secondary N) is 1. The van der Waals surface area contributed by atoms with Gasteiger partial charge in [-0.05, 0) is 45.2 Å². The van der Waals surface area contributed by atoms with Gasteiger partial charge in [-0.15, -0.1) is 0 Å². The molecule has 2 atom stereocenters. The Morgan fingerprint density at radius 1 is 1.37 bits per heavy atom. The Morgan fingerprint density at radius 3 is 2.74 bits per heavy atom. The van der Waals surface area contributed by atoms with Crippen molar-refractivity contribution in [3.8, 4) is 11.8 Å². The monoisotopic (exact) mass is 258 g/mol. The molecular formula is C16H22N2O. The van der Waals surface area contributed by atoms with Crippen LogP contribution >= 0.6 is 0 Å². The average molecular weight is 258 g/mol. The van der Waals surface area contributed by atoms with Crippen LogP contribution in [0.4, 0.5) is 0 Å². The summed E-state index contributed by atoms with van der Waals surface area (Å²) in [5.41, 5.74) is -0.425. The van der Waals surface area contributed by atoms with Crippen LogP contribution in [-0.4, -0.2) is 17.7 Å². The van der Waals surface area contributed by atoms with Crippen molar-refractivity contribution in [1.29, 1.82) is 5.26 Å². The predicted octanol–water partition coefficient (Wildman–Crippen LogP) is 3.27. The number of hydrogen-bond donors (Lipinski definition) is 1. The number of rotatable bonds is 4. The summed E-state index contributed by atoms with van der Waals surface area (Å²) in [7, 11) is 0. The van der Waals surface area contributed by atoms with Gasteiger partial charge in [0.2, 0.25) is 0 Å². The maximum Gasteiger partial charge on any atom is 0.119 e. The van der Waals surface area contributed by atoms with E-state index in [0.29, 0.717) is 6.04 Å². The third kappa shape index (κ3) is 3.71. The SMILES string of the molecule is CC(C)NC1(C#N)CCCC(Oc2ccccc2)C1. The molecule has 0 amide bonds. The van der Waals surface area contributed by atoms with Gasteiger partial charge in [-0.3, -0.25) is 5.32 Å².